The summed E-state index contributed by atoms with van der Waals surface area (Å²) >= 11 is 0. The summed E-state index contributed by atoms with van der Waals surface area (Å²) in [6.45, 7) is 5.89. The van der Waals surface area contributed by atoms with Crippen LogP contribution in [-0.4, -0.2) is 25.3 Å². The molecule has 0 spiro atoms. The first-order valence-corrected chi connectivity index (χ1v) is 7.04. The van der Waals surface area contributed by atoms with E-state index in [0.29, 0.717) is 0 Å². The molecule has 96 valence electrons. The van der Waals surface area contributed by atoms with Crippen molar-refractivity contribution in [2.24, 2.45) is 5.92 Å². The molecule has 4 nitrogen and oxygen atoms in total. The van der Waals surface area contributed by atoms with Crippen LogP contribution in [0.3, 0.4) is 0 Å². The van der Waals surface area contributed by atoms with E-state index in [1.165, 1.54) is 0 Å². The fraction of sp³-hybridized carbons (Fsp3) is 0.500. The van der Waals surface area contributed by atoms with E-state index in [-0.39, 0.29) is 18.3 Å². The molecule has 0 aromatic heterocycles. The third-order valence-electron chi connectivity index (χ3n) is 2.36. The zero-order valence-corrected chi connectivity index (χ0v) is 11.1. The van der Waals surface area contributed by atoms with Crippen molar-refractivity contribution in [1.29, 1.82) is 0 Å². The fourth-order valence-corrected chi connectivity index (χ4v) is 2.32. The highest BCUT2D eigenvalue weighted by Crippen LogP contribution is 2.19. The maximum absolute atomic E-state index is 10.7. The minimum Gasteiger partial charge on any atom is -0.493 e. The van der Waals surface area contributed by atoms with Gasteiger partial charge < -0.3 is 4.74 Å². The molecule has 0 fully saturated rings. The van der Waals surface area contributed by atoms with Crippen molar-refractivity contribution >= 4 is 10.1 Å². The van der Waals surface area contributed by atoms with Crippen LogP contribution in [0, 0.1) is 19.8 Å². The summed E-state index contributed by atoms with van der Waals surface area (Å²) in [6, 6.07) is 5.86. The van der Waals surface area contributed by atoms with E-state index in [4.69, 9.17) is 9.29 Å². The van der Waals surface area contributed by atoms with Gasteiger partial charge in [0.2, 0.25) is 0 Å². The van der Waals surface area contributed by atoms with Crippen molar-refractivity contribution < 1.29 is 17.7 Å². The Morgan fingerprint density at radius 2 is 2.00 bits per heavy atom. The topological polar surface area (TPSA) is 63.6 Å². The van der Waals surface area contributed by atoms with Gasteiger partial charge in [-0.15, -0.1) is 0 Å². The van der Waals surface area contributed by atoms with E-state index in [0.717, 1.165) is 16.9 Å². The maximum Gasteiger partial charge on any atom is 0.265 e. The van der Waals surface area contributed by atoms with Crippen LogP contribution in [0.25, 0.3) is 0 Å². The Morgan fingerprint density at radius 3 is 2.59 bits per heavy atom. The first-order chi connectivity index (χ1) is 7.78. The number of aryl methyl sites for hydroxylation is 2. The summed E-state index contributed by atoms with van der Waals surface area (Å²) in [5, 5.41) is 0. The smallest absolute Gasteiger partial charge is 0.265 e. The molecule has 0 aliphatic carbocycles. The minimum atomic E-state index is -3.93. The molecular formula is C12H18O4S. The first kappa shape index (κ1) is 14.0. The largest absolute Gasteiger partial charge is 0.493 e. The quantitative estimate of drug-likeness (QED) is 0.822. The lowest BCUT2D eigenvalue weighted by molar-refractivity contribution is 0.268. The summed E-state index contributed by atoms with van der Waals surface area (Å²) in [5.74, 6) is 0.231. The van der Waals surface area contributed by atoms with Gasteiger partial charge in [-0.1, -0.05) is 19.1 Å². The van der Waals surface area contributed by atoms with Crippen LogP contribution >= 0.6 is 0 Å². The average molecular weight is 258 g/mol. The molecule has 1 atom stereocenters. The van der Waals surface area contributed by atoms with Crippen LogP contribution in [0.4, 0.5) is 0 Å². The molecule has 1 rings (SSSR count). The van der Waals surface area contributed by atoms with Crippen molar-refractivity contribution in [1.82, 2.24) is 0 Å². The number of hydrogen-bond donors (Lipinski definition) is 1. The molecule has 5 heteroatoms. The van der Waals surface area contributed by atoms with Crippen molar-refractivity contribution in [2.45, 2.75) is 20.8 Å². The van der Waals surface area contributed by atoms with Crippen molar-refractivity contribution in [3.63, 3.8) is 0 Å². The Balaban J connectivity index is 2.58. The van der Waals surface area contributed by atoms with E-state index < -0.39 is 10.1 Å². The highest BCUT2D eigenvalue weighted by molar-refractivity contribution is 7.85. The fourth-order valence-electron chi connectivity index (χ4n) is 1.50. The molecule has 0 saturated heterocycles. The molecule has 17 heavy (non-hydrogen) atoms. The van der Waals surface area contributed by atoms with Gasteiger partial charge in [0.15, 0.2) is 0 Å². The first-order valence-electron chi connectivity index (χ1n) is 5.43. The van der Waals surface area contributed by atoms with E-state index in [2.05, 4.69) is 0 Å². The lowest BCUT2D eigenvalue weighted by Gasteiger charge is -2.13. The molecule has 1 N–H and O–H groups in total. The molecule has 0 radical (unpaired) electrons. The number of hydrogen-bond acceptors (Lipinski definition) is 3. The highest BCUT2D eigenvalue weighted by atomic mass is 32.2. The lowest BCUT2D eigenvalue weighted by Crippen LogP contribution is -2.19. The molecule has 0 saturated carbocycles. The Morgan fingerprint density at radius 1 is 1.35 bits per heavy atom. The Bertz CT molecular complexity index is 479. The van der Waals surface area contributed by atoms with Gasteiger partial charge in [0.1, 0.15) is 5.75 Å². The summed E-state index contributed by atoms with van der Waals surface area (Å²) < 4.78 is 35.6. The second kappa shape index (κ2) is 5.51. The van der Waals surface area contributed by atoms with Gasteiger partial charge in [0.05, 0.1) is 12.4 Å². The van der Waals surface area contributed by atoms with Gasteiger partial charge in [-0.05, 0) is 31.0 Å². The van der Waals surface area contributed by atoms with Gasteiger partial charge in [0.25, 0.3) is 10.1 Å². The molecule has 0 heterocycles. The standard InChI is InChI=1S/C12H18O4S/c1-9-4-5-11(3)12(6-9)16-7-10(2)8-17(13,14)15/h4-6,10H,7-8H2,1-3H3,(H,13,14,15). The summed E-state index contributed by atoms with van der Waals surface area (Å²) in [7, 11) is -3.93. The zero-order valence-electron chi connectivity index (χ0n) is 10.3. The second-order valence-electron chi connectivity index (χ2n) is 4.43. The monoisotopic (exact) mass is 258 g/mol. The second-order valence-corrected chi connectivity index (χ2v) is 5.93. The predicted molar refractivity (Wildman–Crippen MR) is 67.0 cm³/mol. The van der Waals surface area contributed by atoms with Crippen molar-refractivity contribution in [3.05, 3.63) is 29.3 Å². The molecule has 1 aromatic rings. The third-order valence-corrected chi connectivity index (χ3v) is 3.35. The van der Waals surface area contributed by atoms with E-state index in [9.17, 15) is 8.42 Å². The molecule has 0 amide bonds. The van der Waals surface area contributed by atoms with Crippen molar-refractivity contribution in [2.75, 3.05) is 12.4 Å². The van der Waals surface area contributed by atoms with Crippen LogP contribution in [0.15, 0.2) is 18.2 Å². The van der Waals surface area contributed by atoms with Crippen LogP contribution < -0.4 is 4.74 Å². The summed E-state index contributed by atoms with van der Waals surface area (Å²) in [5.41, 5.74) is 2.10. The Kier molecular flexibility index (Phi) is 4.54. The van der Waals surface area contributed by atoms with Crippen molar-refractivity contribution in [3.8, 4) is 5.75 Å². The van der Waals surface area contributed by atoms with Gasteiger partial charge in [-0.25, -0.2) is 0 Å². The molecule has 0 aliphatic rings. The molecule has 0 bridgehead atoms. The average Bonchev–Trinajstić information content (AvgIpc) is 2.17. The normalized spacial score (nSPS) is 13.4. The predicted octanol–water partition coefficient (Wildman–Crippen LogP) is 2.21. The molecule has 1 unspecified atom stereocenters. The van der Waals surface area contributed by atoms with Crippen LogP contribution in [0.1, 0.15) is 18.1 Å². The summed E-state index contributed by atoms with van der Waals surface area (Å²) in [6.07, 6.45) is 0. The number of benzene rings is 1. The summed E-state index contributed by atoms with van der Waals surface area (Å²) in [4.78, 5) is 0. The van der Waals surface area contributed by atoms with Gasteiger partial charge in [0, 0.05) is 5.92 Å². The van der Waals surface area contributed by atoms with Gasteiger partial charge in [-0.2, -0.15) is 8.42 Å². The Hall–Kier alpha value is -1.07. The SMILES string of the molecule is Cc1ccc(C)c(OCC(C)CS(=O)(=O)O)c1. The molecule has 0 aliphatic heterocycles. The number of ether oxygens (including phenoxy) is 1. The van der Waals surface area contributed by atoms with E-state index >= 15 is 0 Å². The van der Waals surface area contributed by atoms with E-state index in [1.54, 1.807) is 6.92 Å². The Labute approximate surface area is 102 Å². The van der Waals surface area contributed by atoms with Gasteiger partial charge in [-0.3, -0.25) is 4.55 Å². The van der Waals surface area contributed by atoms with E-state index in [1.807, 2.05) is 32.0 Å². The molecular weight excluding hydrogens is 240 g/mol. The van der Waals surface area contributed by atoms with Crippen LogP contribution in [0.5, 0.6) is 5.75 Å². The van der Waals surface area contributed by atoms with Gasteiger partial charge >= 0.3 is 0 Å². The third kappa shape index (κ3) is 5.19. The maximum atomic E-state index is 10.7. The zero-order chi connectivity index (χ0) is 13.1. The molecule has 1 aromatic carbocycles. The number of rotatable bonds is 5. The van der Waals surface area contributed by atoms with Crippen LogP contribution in [0.2, 0.25) is 0 Å². The highest BCUT2D eigenvalue weighted by Gasteiger charge is 2.13. The minimum absolute atomic E-state index is 0.245. The van der Waals surface area contributed by atoms with Crippen LogP contribution in [-0.2, 0) is 10.1 Å². The lowest BCUT2D eigenvalue weighted by atomic mass is 10.1.